The number of phenolic OH excluding ortho intramolecular Hbond substituents is 1. The van der Waals surface area contributed by atoms with E-state index in [1.807, 2.05) is 11.8 Å². The fourth-order valence-corrected chi connectivity index (χ4v) is 8.03. The number of nitrogens with one attached hydrogen (secondary N) is 1. The van der Waals surface area contributed by atoms with Crippen LogP contribution in [-0.4, -0.2) is 87.7 Å². The minimum atomic E-state index is -0.942. The van der Waals surface area contributed by atoms with E-state index in [4.69, 9.17) is 14.5 Å². The van der Waals surface area contributed by atoms with Crippen molar-refractivity contribution in [1.82, 2.24) is 25.2 Å². The summed E-state index contributed by atoms with van der Waals surface area (Å²) in [6, 6.07) is 5.62. The number of rotatable bonds is 3. The van der Waals surface area contributed by atoms with Gasteiger partial charge in [0.05, 0.1) is 23.1 Å². The van der Waals surface area contributed by atoms with E-state index in [0.717, 1.165) is 19.4 Å². The van der Waals surface area contributed by atoms with Crippen molar-refractivity contribution in [3.05, 3.63) is 47.7 Å². The first-order valence-corrected chi connectivity index (χ1v) is 16.1. The smallest absolute Gasteiger partial charge is 0.407 e. The van der Waals surface area contributed by atoms with Crippen LogP contribution in [0.5, 0.6) is 11.8 Å². The number of alkyl halides is 1. The van der Waals surface area contributed by atoms with Gasteiger partial charge in [-0.05, 0) is 80.1 Å². The van der Waals surface area contributed by atoms with Crippen LogP contribution in [-0.2, 0) is 11.2 Å². The number of aromatic nitrogens is 3. The van der Waals surface area contributed by atoms with Crippen LogP contribution in [0, 0.1) is 11.6 Å². The van der Waals surface area contributed by atoms with E-state index in [1.165, 1.54) is 30.5 Å². The monoisotopic (exact) mass is 648 g/mol. The Bertz CT molecular complexity index is 1930. The number of carbonyl (C=O) groups excluding carboxylic acids is 1. The topological polar surface area (TPSA) is 113 Å². The van der Waals surface area contributed by atoms with Crippen molar-refractivity contribution < 1.29 is 32.5 Å². The molecule has 0 unspecified atom stereocenters. The van der Waals surface area contributed by atoms with Gasteiger partial charge >= 0.3 is 12.1 Å². The summed E-state index contributed by atoms with van der Waals surface area (Å²) in [5, 5.41) is 14.8. The molecule has 3 fully saturated rings. The van der Waals surface area contributed by atoms with Crippen LogP contribution in [0.2, 0.25) is 0 Å². The third-order valence-corrected chi connectivity index (χ3v) is 10.3. The predicted molar refractivity (Wildman–Crippen MR) is 168 cm³/mol. The zero-order valence-electron chi connectivity index (χ0n) is 26.0. The average molecular weight is 649 g/mol. The number of phenols is 1. The molecule has 0 spiro atoms. The minimum Gasteiger partial charge on any atom is -0.508 e. The number of hydrogen-bond acceptors (Lipinski definition) is 9. The normalized spacial score (nSPS) is 26.2. The minimum absolute atomic E-state index is 0.0449. The maximum atomic E-state index is 16.9. The number of nitrogens with zero attached hydrogens (tertiary/aromatic N) is 5. The number of pyridine rings is 1. The summed E-state index contributed by atoms with van der Waals surface area (Å²) in [7, 11) is 0. The van der Waals surface area contributed by atoms with Crippen molar-refractivity contribution in [2.24, 2.45) is 0 Å². The van der Waals surface area contributed by atoms with Gasteiger partial charge in [0.25, 0.3) is 0 Å². The molecule has 2 aromatic heterocycles. The van der Waals surface area contributed by atoms with Gasteiger partial charge in [0.1, 0.15) is 41.4 Å². The zero-order valence-corrected chi connectivity index (χ0v) is 26.0. The second-order valence-corrected chi connectivity index (χ2v) is 13.6. The first-order valence-electron chi connectivity index (χ1n) is 16.1. The van der Waals surface area contributed by atoms with E-state index in [9.17, 15) is 14.3 Å². The molecule has 3 atom stereocenters. The van der Waals surface area contributed by atoms with Crippen molar-refractivity contribution in [2.45, 2.75) is 62.7 Å². The van der Waals surface area contributed by atoms with E-state index in [0.29, 0.717) is 66.4 Å². The molecule has 4 aromatic rings. The number of halogens is 3. The van der Waals surface area contributed by atoms with Crippen LogP contribution in [0.4, 0.5) is 23.8 Å². The summed E-state index contributed by atoms with van der Waals surface area (Å²) in [4.78, 5) is 30.7. The van der Waals surface area contributed by atoms with Gasteiger partial charge in [0.2, 0.25) is 0 Å². The Morgan fingerprint density at radius 3 is 2.91 bits per heavy atom. The largest absolute Gasteiger partial charge is 0.508 e. The lowest BCUT2D eigenvalue weighted by Crippen LogP contribution is -2.48. The Morgan fingerprint density at radius 2 is 2.04 bits per heavy atom. The third kappa shape index (κ3) is 5.15. The van der Waals surface area contributed by atoms with Crippen LogP contribution < -0.4 is 15.0 Å². The quantitative estimate of drug-likeness (QED) is 0.301. The Kier molecular flexibility index (Phi) is 7.08. The molecular weight excluding hydrogens is 613 g/mol. The maximum absolute atomic E-state index is 16.9. The molecule has 9 rings (SSSR count). The molecule has 10 nitrogen and oxygen atoms in total. The standard InChI is InChI=1S/C34H35F3N6O4/c1-33-8-10-42(17-33)30-24-15-38-28(27(37)29(24)39-31(40-30)47-18-34-7-3-9-43(34)16-20(35)14-34)23-13-21(44)12-19-5-6-25(36)22(26(19)23)4-2-11-46-32(45)41-33/h5-6,12-13,15,20,44H,2-4,7-11,14,16-18H2,1H3,(H,41,45)/t20-,33-,34+/m1/s1. The van der Waals surface area contributed by atoms with Crippen molar-refractivity contribution in [3.8, 4) is 23.0 Å². The third-order valence-electron chi connectivity index (χ3n) is 10.3. The Morgan fingerprint density at radius 1 is 1.17 bits per heavy atom. The summed E-state index contributed by atoms with van der Waals surface area (Å²) >= 11 is 0. The molecule has 0 radical (unpaired) electrons. The van der Waals surface area contributed by atoms with E-state index < -0.39 is 35.0 Å². The van der Waals surface area contributed by atoms with Gasteiger partial charge in [0.15, 0.2) is 5.82 Å². The molecule has 2 aromatic carbocycles. The summed E-state index contributed by atoms with van der Waals surface area (Å²) in [5.74, 6) is -1.03. The molecule has 1 amide bonds. The molecule has 6 bridgehead atoms. The highest BCUT2D eigenvalue weighted by Gasteiger charge is 2.49. The highest BCUT2D eigenvalue weighted by molar-refractivity contribution is 6.01. The molecule has 7 heterocycles. The maximum Gasteiger partial charge on any atom is 0.407 e. The predicted octanol–water partition coefficient (Wildman–Crippen LogP) is 5.43. The van der Waals surface area contributed by atoms with Crippen molar-refractivity contribution in [3.63, 3.8) is 0 Å². The van der Waals surface area contributed by atoms with E-state index >= 15 is 8.78 Å². The highest BCUT2D eigenvalue weighted by Crippen LogP contribution is 2.42. The number of anilines is 1. The van der Waals surface area contributed by atoms with Crippen LogP contribution in [0.15, 0.2) is 30.5 Å². The summed E-state index contributed by atoms with van der Waals surface area (Å²) in [6.45, 7) is 4.10. The Hall–Kier alpha value is -4.39. The number of aryl methyl sites for hydroxylation is 1. The van der Waals surface area contributed by atoms with Gasteiger partial charge in [-0.15, -0.1) is 0 Å². The van der Waals surface area contributed by atoms with Gasteiger partial charge in [-0.1, -0.05) is 6.07 Å². The van der Waals surface area contributed by atoms with Gasteiger partial charge in [0, 0.05) is 37.8 Å². The number of ether oxygens (including phenoxy) is 2. The van der Waals surface area contributed by atoms with Gasteiger partial charge < -0.3 is 24.8 Å². The van der Waals surface area contributed by atoms with E-state index in [2.05, 4.69) is 20.2 Å². The van der Waals surface area contributed by atoms with Gasteiger partial charge in [-0.2, -0.15) is 9.97 Å². The molecule has 0 aliphatic carbocycles. The number of alkyl carbamates (subject to hydrolysis) is 1. The average Bonchev–Trinajstić information content (AvgIpc) is 3.70. The molecule has 47 heavy (non-hydrogen) atoms. The summed E-state index contributed by atoms with van der Waals surface area (Å²) < 4.78 is 58.5. The molecule has 2 N–H and O–H groups in total. The molecule has 3 saturated heterocycles. The lowest BCUT2D eigenvalue weighted by molar-refractivity contribution is 0.107. The summed E-state index contributed by atoms with van der Waals surface area (Å²) in [6.07, 6.45) is 3.10. The Balaban J connectivity index is 1.31. The lowest BCUT2D eigenvalue weighted by atomic mass is 9.93. The number of carbonyl (C=O) groups is 1. The van der Waals surface area contributed by atoms with Crippen LogP contribution in [0.3, 0.4) is 0 Å². The van der Waals surface area contributed by atoms with E-state index in [-0.39, 0.29) is 48.2 Å². The Labute approximate surface area is 268 Å². The number of fused-ring (bicyclic) bond motifs is 7. The fraction of sp³-hybridized carbons (Fsp3) is 0.471. The van der Waals surface area contributed by atoms with Crippen molar-refractivity contribution >= 4 is 33.6 Å². The molecule has 246 valence electrons. The highest BCUT2D eigenvalue weighted by atomic mass is 19.1. The molecule has 0 saturated carbocycles. The van der Waals surface area contributed by atoms with Crippen LogP contribution in [0.1, 0.15) is 44.6 Å². The molecule has 5 aliphatic rings. The first kappa shape index (κ1) is 30.0. The lowest BCUT2D eigenvalue weighted by Gasteiger charge is -2.31. The molecule has 13 heteroatoms. The zero-order chi connectivity index (χ0) is 32.5. The van der Waals surface area contributed by atoms with Crippen LogP contribution in [0.25, 0.3) is 32.9 Å². The van der Waals surface area contributed by atoms with Crippen LogP contribution >= 0.6 is 0 Å². The number of hydrogen-bond donors (Lipinski definition) is 2. The molecule has 5 aliphatic heterocycles. The second-order valence-electron chi connectivity index (χ2n) is 13.6. The van der Waals surface area contributed by atoms with E-state index in [1.54, 1.807) is 0 Å². The number of benzene rings is 2. The molecular formula is C34H35F3N6O4. The van der Waals surface area contributed by atoms with Gasteiger partial charge in [-0.3, -0.25) is 9.88 Å². The SMILES string of the molecule is C[C@@]12CCN(C1)c1nc(OC[C@@]34CCCN3C[C@H](F)C4)nc3c(F)c(ncc13)-c1cc(O)cc3ccc(F)c(c13)CCCOC(=O)N2. The van der Waals surface area contributed by atoms with Crippen molar-refractivity contribution in [1.29, 1.82) is 0 Å². The fourth-order valence-electron chi connectivity index (χ4n) is 8.03. The summed E-state index contributed by atoms with van der Waals surface area (Å²) in [5.41, 5.74) is -0.812. The second kappa shape index (κ2) is 11.1. The number of amides is 1. The first-order chi connectivity index (χ1) is 22.6. The van der Waals surface area contributed by atoms with Crippen molar-refractivity contribution in [2.75, 3.05) is 44.3 Å². The van der Waals surface area contributed by atoms with Gasteiger partial charge in [-0.25, -0.2) is 18.0 Å². The number of aromatic hydroxyl groups is 1.